The fourth-order valence-corrected chi connectivity index (χ4v) is 0.454. The minimum atomic E-state index is -0.725. The van der Waals surface area contributed by atoms with Crippen molar-refractivity contribution in [3.05, 3.63) is 0 Å². The van der Waals surface area contributed by atoms with Gasteiger partial charge in [-0.2, -0.15) is 0 Å². The van der Waals surface area contributed by atoms with Crippen LogP contribution in [0, 0.1) is 5.41 Å². The van der Waals surface area contributed by atoms with Gasteiger partial charge in [-0.15, -0.1) is 0 Å². The van der Waals surface area contributed by atoms with Gasteiger partial charge in [-0.3, -0.25) is 4.79 Å². The number of hydrogen-bond acceptors (Lipinski definition) is 1. The Morgan fingerprint density at radius 1 is 1.40 bits per heavy atom. The van der Waals surface area contributed by atoms with Crippen molar-refractivity contribution in [1.82, 2.24) is 0 Å². The fraction of sp³-hybridized carbons (Fsp3) is 0.833. The molecule has 0 atom stereocenters. The van der Waals surface area contributed by atoms with Crippen molar-refractivity contribution in [2.24, 2.45) is 5.41 Å². The second-order valence-corrected chi connectivity index (χ2v) is 3.13. The molecule has 2 nitrogen and oxygen atoms in total. The number of aliphatic carboxylic acids is 1. The zero-order valence-corrected chi connectivity index (χ0v) is 10.5. The Bertz CT molecular complexity index is 98.4. The zero-order valence-electron chi connectivity index (χ0n) is 6.94. The molecule has 0 radical (unpaired) electrons. The van der Waals surface area contributed by atoms with E-state index >= 15 is 0 Å². The molecule has 0 saturated heterocycles. The minimum absolute atomic E-state index is 0. The first-order valence-corrected chi connectivity index (χ1v) is 2.63. The number of carboxylic acid groups (broad SMARTS) is 1. The van der Waals surface area contributed by atoms with Crippen LogP contribution in [0.4, 0.5) is 0 Å². The van der Waals surface area contributed by atoms with Crippen LogP contribution in [0.5, 0.6) is 0 Å². The van der Waals surface area contributed by atoms with E-state index in [9.17, 15) is 4.79 Å². The van der Waals surface area contributed by atoms with E-state index in [0.717, 1.165) is 0 Å². The van der Waals surface area contributed by atoms with Crippen LogP contribution in [-0.2, 0) is 4.79 Å². The maximum atomic E-state index is 10.0. The van der Waals surface area contributed by atoms with E-state index in [1.807, 2.05) is 20.8 Å². The van der Waals surface area contributed by atoms with Gasteiger partial charge in [0.05, 0.1) is 6.42 Å². The summed E-state index contributed by atoms with van der Waals surface area (Å²) in [5, 5.41) is 8.25. The van der Waals surface area contributed by atoms with E-state index < -0.39 is 5.97 Å². The maximum absolute atomic E-state index is 10.0. The van der Waals surface area contributed by atoms with Crippen LogP contribution in [0.1, 0.15) is 27.2 Å². The predicted molar refractivity (Wildman–Crippen MR) is 31.7 cm³/mol. The Morgan fingerprint density at radius 3 is 1.70 bits per heavy atom. The molecule has 0 heterocycles. The smallest absolute Gasteiger partial charge is 1.00 e. The van der Waals surface area contributed by atoms with Crippen molar-refractivity contribution in [3.8, 4) is 0 Å². The van der Waals surface area contributed by atoms with Gasteiger partial charge >= 0.3 is 35.5 Å². The number of halogens is 1. The molecule has 0 aliphatic heterocycles. The minimum Gasteiger partial charge on any atom is -1.00 e. The van der Waals surface area contributed by atoms with Crippen molar-refractivity contribution in [3.63, 3.8) is 0 Å². The predicted octanol–water partition coefficient (Wildman–Crippen LogP) is -4.48. The molecule has 4 heteroatoms. The van der Waals surface area contributed by atoms with E-state index in [1.165, 1.54) is 0 Å². The number of hydrogen-bond donors (Lipinski definition) is 1. The van der Waals surface area contributed by atoms with Crippen LogP contribution in [0.25, 0.3) is 0 Å². The van der Waals surface area contributed by atoms with Crippen LogP contribution in [-0.4, -0.2) is 11.1 Å². The number of rotatable bonds is 1. The second kappa shape index (κ2) is 6.65. The number of carbonyl (C=O) groups is 1. The Kier molecular flexibility index (Phi) is 11.4. The SMILES string of the molecule is CC(C)(C)CC(=O)O.[Br-].[Na+]. The van der Waals surface area contributed by atoms with Gasteiger partial charge in [-0.25, -0.2) is 0 Å². The molecule has 0 unspecified atom stereocenters. The first-order chi connectivity index (χ1) is 3.42. The molecule has 0 aromatic heterocycles. The van der Waals surface area contributed by atoms with Crippen molar-refractivity contribution < 1.29 is 56.4 Å². The van der Waals surface area contributed by atoms with Crippen molar-refractivity contribution in [2.45, 2.75) is 27.2 Å². The van der Waals surface area contributed by atoms with E-state index in [1.54, 1.807) is 0 Å². The van der Waals surface area contributed by atoms with Crippen LogP contribution >= 0.6 is 0 Å². The third-order valence-corrected chi connectivity index (χ3v) is 0.682. The average molecular weight is 219 g/mol. The monoisotopic (exact) mass is 218 g/mol. The molecule has 0 aromatic carbocycles. The molecule has 0 amide bonds. The Balaban J connectivity index is -0.000000245. The summed E-state index contributed by atoms with van der Waals surface area (Å²) in [4.78, 5) is 10.0. The molecule has 0 fully saturated rings. The van der Waals surface area contributed by atoms with Crippen molar-refractivity contribution >= 4 is 5.97 Å². The van der Waals surface area contributed by atoms with Crippen LogP contribution in [0.2, 0.25) is 0 Å². The van der Waals surface area contributed by atoms with E-state index in [-0.39, 0.29) is 58.4 Å². The molecule has 0 rings (SSSR count). The van der Waals surface area contributed by atoms with Crippen LogP contribution in [0.3, 0.4) is 0 Å². The zero-order chi connectivity index (χ0) is 6.78. The molecule has 0 aromatic rings. The molecular formula is C6H12BrNaO2. The molecular weight excluding hydrogens is 207 g/mol. The molecule has 10 heavy (non-hydrogen) atoms. The van der Waals surface area contributed by atoms with E-state index in [2.05, 4.69) is 0 Å². The maximum Gasteiger partial charge on any atom is 1.00 e. The van der Waals surface area contributed by atoms with Crippen molar-refractivity contribution in [1.29, 1.82) is 0 Å². The quantitative estimate of drug-likeness (QED) is 0.451. The molecule has 1 N–H and O–H groups in total. The summed E-state index contributed by atoms with van der Waals surface area (Å²) in [6, 6.07) is 0. The summed E-state index contributed by atoms with van der Waals surface area (Å²) in [5.74, 6) is -0.725. The summed E-state index contributed by atoms with van der Waals surface area (Å²) in [7, 11) is 0. The first kappa shape index (κ1) is 17.2. The molecule has 0 aliphatic carbocycles. The van der Waals surface area contributed by atoms with Gasteiger partial charge in [-0.05, 0) is 5.41 Å². The van der Waals surface area contributed by atoms with Crippen LogP contribution in [0.15, 0.2) is 0 Å². The molecule has 56 valence electrons. The second-order valence-electron chi connectivity index (χ2n) is 3.13. The number of carboxylic acids is 1. The van der Waals surface area contributed by atoms with E-state index in [0.29, 0.717) is 0 Å². The fourth-order valence-electron chi connectivity index (χ4n) is 0.454. The van der Waals surface area contributed by atoms with Crippen LogP contribution < -0.4 is 46.5 Å². The Hall–Kier alpha value is 0.950. The standard InChI is InChI=1S/C6H12O2.BrH.Na/c1-6(2,3)4-5(7)8;;/h4H2,1-3H3,(H,7,8);1H;/q;;+1/p-1. The van der Waals surface area contributed by atoms with Gasteiger partial charge in [0.2, 0.25) is 0 Å². The van der Waals surface area contributed by atoms with Gasteiger partial charge in [0, 0.05) is 0 Å². The molecule has 0 bridgehead atoms. The summed E-state index contributed by atoms with van der Waals surface area (Å²) < 4.78 is 0. The van der Waals surface area contributed by atoms with Gasteiger partial charge in [0.1, 0.15) is 0 Å². The summed E-state index contributed by atoms with van der Waals surface area (Å²) >= 11 is 0. The van der Waals surface area contributed by atoms with E-state index in [4.69, 9.17) is 5.11 Å². The topological polar surface area (TPSA) is 37.3 Å². The molecule has 0 spiro atoms. The molecule has 0 saturated carbocycles. The Labute approximate surface area is 94.4 Å². The largest absolute Gasteiger partial charge is 1.00 e. The van der Waals surface area contributed by atoms with Gasteiger partial charge < -0.3 is 22.1 Å². The van der Waals surface area contributed by atoms with Gasteiger partial charge in [0.15, 0.2) is 0 Å². The average Bonchev–Trinajstić information content (AvgIpc) is 1.21. The molecule has 0 aliphatic rings. The normalized spacial score (nSPS) is 9.10. The first-order valence-electron chi connectivity index (χ1n) is 2.63. The third-order valence-electron chi connectivity index (χ3n) is 0.682. The Morgan fingerprint density at radius 2 is 1.70 bits per heavy atom. The summed E-state index contributed by atoms with van der Waals surface area (Å²) in [6.07, 6.45) is 0.243. The summed E-state index contributed by atoms with van der Waals surface area (Å²) in [6.45, 7) is 5.71. The van der Waals surface area contributed by atoms with Crippen molar-refractivity contribution in [2.75, 3.05) is 0 Å². The van der Waals surface area contributed by atoms with Gasteiger partial charge in [-0.1, -0.05) is 20.8 Å². The van der Waals surface area contributed by atoms with Gasteiger partial charge in [0.25, 0.3) is 0 Å². The summed E-state index contributed by atoms with van der Waals surface area (Å²) in [5.41, 5.74) is -0.0775. The third kappa shape index (κ3) is 16.0.